The summed E-state index contributed by atoms with van der Waals surface area (Å²) >= 11 is 0. The molecule has 0 spiro atoms. The van der Waals surface area contributed by atoms with Crippen molar-refractivity contribution >= 4 is 30.9 Å². The highest BCUT2D eigenvalue weighted by Crippen LogP contribution is 2.38. The van der Waals surface area contributed by atoms with E-state index in [1.54, 1.807) is 0 Å². The molecule has 11 heteroatoms. The number of aromatic nitrogens is 2. The van der Waals surface area contributed by atoms with E-state index in [0.29, 0.717) is 11.0 Å². The van der Waals surface area contributed by atoms with E-state index in [4.69, 9.17) is 0 Å². The smallest absolute Gasteiger partial charge is 0.306 e. The number of fused-ring (bicyclic) bond motifs is 2. The molecule has 1 aromatic carbocycles. The third kappa shape index (κ3) is 2.61. The summed E-state index contributed by atoms with van der Waals surface area (Å²) in [6.45, 7) is 0.151. The molecule has 0 aliphatic carbocycles. The van der Waals surface area contributed by atoms with Crippen LogP contribution in [0.4, 0.5) is 0 Å². The van der Waals surface area contributed by atoms with Crippen molar-refractivity contribution in [1.82, 2.24) is 19.2 Å². The highest BCUT2D eigenvalue weighted by atomic mass is 32.2. The van der Waals surface area contributed by atoms with Gasteiger partial charge in [0, 0.05) is 25.0 Å². The Morgan fingerprint density at radius 2 is 1.85 bits per heavy atom. The highest BCUT2D eigenvalue weighted by molar-refractivity contribution is 7.92. The van der Waals surface area contributed by atoms with Crippen LogP contribution in [0.2, 0.25) is 0 Å². The molecule has 3 atom stereocenters. The number of benzene rings is 1. The summed E-state index contributed by atoms with van der Waals surface area (Å²) in [6, 6.07) is 4.16. The largest absolute Gasteiger partial charge is 0.323 e. The number of hydrogen-bond donors (Lipinski definition) is 2. The summed E-state index contributed by atoms with van der Waals surface area (Å²) in [5.74, 6) is -0.166. The van der Waals surface area contributed by atoms with E-state index in [0.717, 1.165) is 0 Å². The monoisotopic (exact) mass is 400 g/mol. The second kappa shape index (κ2) is 5.65. The normalized spacial score (nSPS) is 28.8. The van der Waals surface area contributed by atoms with E-state index < -0.39 is 30.8 Å². The second-order valence-corrected chi connectivity index (χ2v) is 11.4. The topological polar surface area (TPSA) is 123 Å². The van der Waals surface area contributed by atoms with Gasteiger partial charge in [0.1, 0.15) is 0 Å². The Kier molecular flexibility index (Phi) is 3.85. The van der Waals surface area contributed by atoms with Crippen molar-refractivity contribution in [3.8, 4) is 0 Å². The van der Waals surface area contributed by atoms with Crippen LogP contribution in [0.5, 0.6) is 0 Å². The summed E-state index contributed by atoms with van der Waals surface area (Å²) in [5, 5.41) is -0.666. The lowest BCUT2D eigenvalue weighted by Gasteiger charge is -2.24. The molecule has 1 aromatic heterocycles. The minimum absolute atomic E-state index is 0.0264. The molecule has 2 aromatic rings. The Morgan fingerprint density at radius 1 is 1.15 bits per heavy atom. The Bertz CT molecular complexity index is 1130. The van der Waals surface area contributed by atoms with Crippen LogP contribution in [0.15, 0.2) is 27.9 Å². The quantitative estimate of drug-likeness (QED) is 0.696. The molecular weight excluding hydrogens is 380 g/mol. The Morgan fingerprint density at radius 3 is 2.54 bits per heavy atom. The van der Waals surface area contributed by atoms with Crippen LogP contribution in [-0.2, 0) is 19.9 Å². The lowest BCUT2D eigenvalue weighted by Crippen LogP contribution is -2.38. The van der Waals surface area contributed by atoms with Gasteiger partial charge in [0.25, 0.3) is 0 Å². The summed E-state index contributed by atoms with van der Waals surface area (Å²) in [5.41, 5.74) is 0.502. The van der Waals surface area contributed by atoms with Crippen molar-refractivity contribution < 1.29 is 16.8 Å². The first-order valence-electron chi connectivity index (χ1n) is 8.20. The average Bonchev–Trinajstić information content (AvgIpc) is 3.19. The molecule has 0 saturated carbocycles. The Labute approximate surface area is 151 Å². The standard InChI is InChI=1S/C15H20N4O5S2/c1-18(2)13-8-25(21,22)14-7-19(6-10(13)14)26(23,24)9-3-4-11-12(5-9)17-15(20)16-11/h3-5,10,13-14H,6-8H2,1-2H3,(H2,16,17,20)/t10-,13+,14-/m0/s1. The van der Waals surface area contributed by atoms with E-state index in [1.165, 1.54) is 22.5 Å². The van der Waals surface area contributed by atoms with E-state index in [1.807, 2.05) is 19.0 Å². The van der Waals surface area contributed by atoms with Gasteiger partial charge in [-0.05, 0) is 32.3 Å². The lowest BCUT2D eigenvalue weighted by atomic mass is 10.00. The van der Waals surface area contributed by atoms with Gasteiger partial charge in [-0.1, -0.05) is 0 Å². The molecule has 4 rings (SSSR count). The van der Waals surface area contributed by atoms with Crippen molar-refractivity contribution in [2.75, 3.05) is 32.9 Å². The zero-order valence-corrected chi connectivity index (χ0v) is 16.0. The molecule has 142 valence electrons. The molecule has 26 heavy (non-hydrogen) atoms. The minimum Gasteiger partial charge on any atom is -0.306 e. The van der Waals surface area contributed by atoms with Crippen LogP contribution >= 0.6 is 0 Å². The van der Waals surface area contributed by atoms with Gasteiger partial charge in [-0.15, -0.1) is 0 Å². The fraction of sp³-hybridized carbons (Fsp3) is 0.533. The van der Waals surface area contributed by atoms with Crippen molar-refractivity contribution in [3.63, 3.8) is 0 Å². The Balaban J connectivity index is 1.70. The fourth-order valence-corrected chi connectivity index (χ4v) is 8.15. The number of rotatable bonds is 3. The van der Waals surface area contributed by atoms with Crippen LogP contribution in [0.1, 0.15) is 0 Å². The zero-order valence-electron chi connectivity index (χ0n) is 14.3. The molecule has 2 aliphatic rings. The maximum atomic E-state index is 13.0. The number of H-pyrrole nitrogens is 2. The summed E-state index contributed by atoms with van der Waals surface area (Å²) < 4.78 is 52.2. The number of nitrogens with zero attached hydrogens (tertiary/aromatic N) is 2. The van der Waals surface area contributed by atoms with Crippen LogP contribution in [0, 0.1) is 5.92 Å². The van der Waals surface area contributed by atoms with Gasteiger partial charge < -0.3 is 14.9 Å². The number of aromatic amines is 2. The van der Waals surface area contributed by atoms with Crippen molar-refractivity contribution in [2.24, 2.45) is 5.92 Å². The third-order valence-electron chi connectivity index (χ3n) is 5.42. The molecule has 2 saturated heterocycles. The molecule has 9 nitrogen and oxygen atoms in total. The predicted molar refractivity (Wildman–Crippen MR) is 96.2 cm³/mol. The lowest BCUT2D eigenvalue weighted by molar-refractivity contribution is 0.249. The van der Waals surface area contributed by atoms with Gasteiger partial charge in [-0.3, -0.25) is 0 Å². The molecule has 3 heterocycles. The molecule has 0 bridgehead atoms. The van der Waals surface area contributed by atoms with Gasteiger partial charge in [-0.2, -0.15) is 4.31 Å². The highest BCUT2D eigenvalue weighted by Gasteiger charge is 2.54. The first kappa shape index (κ1) is 17.7. The first-order chi connectivity index (χ1) is 12.1. The molecular formula is C15H20N4O5S2. The predicted octanol–water partition coefficient (Wildman–Crippen LogP) is -0.796. The molecule has 0 unspecified atom stereocenters. The number of sulfonamides is 1. The molecule has 2 fully saturated rings. The number of sulfone groups is 1. The molecule has 2 aliphatic heterocycles. The van der Waals surface area contributed by atoms with Gasteiger partial charge in [-0.25, -0.2) is 21.6 Å². The number of hydrogen-bond acceptors (Lipinski definition) is 6. The third-order valence-corrected chi connectivity index (χ3v) is 9.48. The van der Waals surface area contributed by atoms with E-state index in [-0.39, 0.29) is 35.7 Å². The van der Waals surface area contributed by atoms with Crippen LogP contribution in [0.25, 0.3) is 11.0 Å². The zero-order chi connectivity index (χ0) is 18.9. The molecule has 0 radical (unpaired) electrons. The molecule has 2 N–H and O–H groups in total. The Hall–Kier alpha value is -1.69. The van der Waals surface area contributed by atoms with Crippen molar-refractivity contribution in [2.45, 2.75) is 16.2 Å². The fourth-order valence-electron chi connectivity index (χ4n) is 4.05. The van der Waals surface area contributed by atoms with Crippen molar-refractivity contribution in [1.29, 1.82) is 0 Å². The SMILES string of the molecule is CN(C)[C@@H]1CS(=O)(=O)[C@H]2CN(S(=O)(=O)c3ccc4[nH]c(=O)[nH]c4c3)C[C@@H]12. The molecule has 0 amide bonds. The number of imidazole rings is 1. The van der Waals surface area contributed by atoms with Crippen LogP contribution in [0.3, 0.4) is 0 Å². The van der Waals surface area contributed by atoms with E-state index in [2.05, 4.69) is 9.97 Å². The van der Waals surface area contributed by atoms with Gasteiger partial charge in [0.2, 0.25) is 10.0 Å². The first-order valence-corrected chi connectivity index (χ1v) is 11.4. The summed E-state index contributed by atoms with van der Waals surface area (Å²) in [7, 11) is -3.54. The van der Waals surface area contributed by atoms with E-state index >= 15 is 0 Å². The summed E-state index contributed by atoms with van der Waals surface area (Å²) in [6.07, 6.45) is 0. The maximum Gasteiger partial charge on any atom is 0.323 e. The second-order valence-electron chi connectivity index (χ2n) is 7.17. The van der Waals surface area contributed by atoms with Gasteiger partial charge in [0.05, 0.1) is 26.9 Å². The summed E-state index contributed by atoms with van der Waals surface area (Å²) in [4.78, 5) is 18.4. The number of nitrogens with one attached hydrogen (secondary N) is 2. The average molecular weight is 400 g/mol. The van der Waals surface area contributed by atoms with Gasteiger partial charge >= 0.3 is 5.69 Å². The maximum absolute atomic E-state index is 13.0. The van der Waals surface area contributed by atoms with Crippen LogP contribution in [-0.4, -0.2) is 80.2 Å². The van der Waals surface area contributed by atoms with Crippen molar-refractivity contribution in [3.05, 3.63) is 28.7 Å². The van der Waals surface area contributed by atoms with Gasteiger partial charge in [0.15, 0.2) is 9.84 Å². The van der Waals surface area contributed by atoms with E-state index in [9.17, 15) is 21.6 Å². The van der Waals surface area contributed by atoms with Crippen LogP contribution < -0.4 is 5.69 Å². The minimum atomic E-state index is -3.85.